The van der Waals surface area contributed by atoms with Crippen molar-refractivity contribution < 1.29 is 28.6 Å². The number of aryl methyl sites for hydroxylation is 1. The Hall–Kier alpha value is -4.28. The second kappa shape index (κ2) is 16.5. The molecule has 0 aliphatic carbocycles. The molecule has 0 spiro atoms. The number of amides is 3. The summed E-state index contributed by atoms with van der Waals surface area (Å²) in [7, 11) is 1.59. The summed E-state index contributed by atoms with van der Waals surface area (Å²) in [5, 5.41) is 17.3. The molecule has 0 aromatic heterocycles. The van der Waals surface area contributed by atoms with E-state index in [0.717, 1.165) is 24.0 Å². The lowest BCUT2D eigenvalue weighted by Crippen LogP contribution is -2.48. The Labute approximate surface area is 258 Å². The number of benzene rings is 3. The average molecular weight is 607 g/mol. The van der Waals surface area contributed by atoms with E-state index in [1.54, 1.807) is 31.1 Å². The van der Waals surface area contributed by atoms with Gasteiger partial charge in [0.15, 0.2) is 0 Å². The molecule has 0 aliphatic rings. The maximum Gasteiger partial charge on any atom is 0.253 e. The van der Waals surface area contributed by atoms with Crippen molar-refractivity contribution in [3.63, 3.8) is 0 Å². The lowest BCUT2D eigenvalue weighted by molar-refractivity contribution is 0.0755. The van der Waals surface area contributed by atoms with Gasteiger partial charge in [-0.2, -0.15) is 0 Å². The Balaban J connectivity index is 1.86. The Morgan fingerprint density at radius 3 is 2.27 bits per heavy atom. The van der Waals surface area contributed by atoms with Crippen LogP contribution in [0.4, 0.5) is 4.39 Å². The molecule has 3 aromatic carbocycles. The van der Waals surface area contributed by atoms with Gasteiger partial charge < -0.3 is 31.1 Å². The Morgan fingerprint density at radius 1 is 0.955 bits per heavy atom. The van der Waals surface area contributed by atoms with Crippen LogP contribution >= 0.6 is 0 Å². The first-order valence-electron chi connectivity index (χ1n) is 14.9. The molecular formula is C34H43FN4O5. The molecule has 10 heteroatoms. The van der Waals surface area contributed by atoms with Gasteiger partial charge in [0.05, 0.1) is 19.3 Å². The number of carbonyl (C=O) groups excluding carboxylic acids is 3. The van der Waals surface area contributed by atoms with Gasteiger partial charge in [0.1, 0.15) is 11.6 Å². The van der Waals surface area contributed by atoms with E-state index in [-0.39, 0.29) is 41.4 Å². The number of ether oxygens (including phenoxy) is 1. The minimum absolute atomic E-state index is 0.0279. The fraction of sp³-hybridized carbons (Fsp3) is 0.382. The SMILES string of the molecule is CCCN(CCC)C(=O)c1cc(C(N)=O)cc(C(=O)N[C@@H](Cc2ccc(F)c(C)c2)[C@H](O)CNCc2cccc(OC)c2)c1. The number of hydrogen-bond acceptors (Lipinski definition) is 6. The van der Waals surface area contributed by atoms with E-state index in [1.165, 1.54) is 24.3 Å². The fourth-order valence-electron chi connectivity index (χ4n) is 4.97. The van der Waals surface area contributed by atoms with Gasteiger partial charge in [-0.05, 0) is 79.3 Å². The molecule has 9 nitrogen and oxygen atoms in total. The Bertz CT molecular complexity index is 1440. The van der Waals surface area contributed by atoms with Crippen LogP contribution in [-0.4, -0.2) is 66.6 Å². The highest BCUT2D eigenvalue weighted by molar-refractivity contribution is 6.04. The quantitative estimate of drug-likeness (QED) is 0.195. The van der Waals surface area contributed by atoms with Crippen molar-refractivity contribution in [2.75, 3.05) is 26.7 Å². The van der Waals surface area contributed by atoms with Crippen LogP contribution in [0, 0.1) is 12.7 Å². The number of nitrogens with two attached hydrogens (primary N) is 1. The average Bonchev–Trinajstić information content (AvgIpc) is 3.01. The van der Waals surface area contributed by atoms with Crippen LogP contribution in [0.3, 0.4) is 0 Å². The van der Waals surface area contributed by atoms with Crippen molar-refractivity contribution in [1.82, 2.24) is 15.5 Å². The van der Waals surface area contributed by atoms with Gasteiger partial charge in [-0.25, -0.2) is 4.39 Å². The summed E-state index contributed by atoms with van der Waals surface area (Å²) in [4.78, 5) is 40.8. The van der Waals surface area contributed by atoms with E-state index < -0.39 is 24.0 Å². The van der Waals surface area contributed by atoms with Crippen LogP contribution in [-0.2, 0) is 13.0 Å². The molecule has 3 amide bonds. The number of primary amides is 1. The highest BCUT2D eigenvalue weighted by Crippen LogP contribution is 2.17. The van der Waals surface area contributed by atoms with Gasteiger partial charge >= 0.3 is 0 Å². The van der Waals surface area contributed by atoms with E-state index in [1.807, 2.05) is 38.1 Å². The highest BCUT2D eigenvalue weighted by atomic mass is 19.1. The van der Waals surface area contributed by atoms with Crippen LogP contribution in [0.1, 0.15) is 74.5 Å². The standard InChI is InChI=1S/C34H43FN4O5/c1-5-12-39(13-6-2)34(43)27-18-25(32(36)41)17-26(19-27)33(42)38-30(16-23-10-11-29(35)22(3)14-23)31(40)21-37-20-24-8-7-9-28(15-24)44-4/h7-11,14-15,17-19,30-31,37,40H,5-6,12-13,16,20-21H2,1-4H3,(H2,36,41)(H,38,42)/t30-,31+/m0/s1. The molecule has 0 heterocycles. The number of carbonyl (C=O) groups is 3. The monoisotopic (exact) mass is 606 g/mol. The first kappa shape index (κ1) is 34.2. The summed E-state index contributed by atoms with van der Waals surface area (Å²) in [6.07, 6.45) is 0.669. The maximum absolute atomic E-state index is 14.0. The van der Waals surface area contributed by atoms with Crippen LogP contribution in [0.25, 0.3) is 0 Å². The number of methoxy groups -OCH3 is 1. The largest absolute Gasteiger partial charge is 0.497 e. The third-order valence-electron chi connectivity index (χ3n) is 7.28. The predicted octanol–water partition coefficient (Wildman–Crippen LogP) is 4.00. The van der Waals surface area contributed by atoms with Gasteiger partial charge in [-0.1, -0.05) is 38.1 Å². The molecule has 0 unspecified atom stereocenters. The molecule has 0 radical (unpaired) electrons. The molecule has 0 saturated carbocycles. The lowest BCUT2D eigenvalue weighted by atomic mass is 9.98. The summed E-state index contributed by atoms with van der Waals surface area (Å²) >= 11 is 0. The summed E-state index contributed by atoms with van der Waals surface area (Å²) in [6, 6.07) is 15.5. The van der Waals surface area contributed by atoms with E-state index in [2.05, 4.69) is 10.6 Å². The molecule has 44 heavy (non-hydrogen) atoms. The zero-order valence-corrected chi connectivity index (χ0v) is 25.9. The minimum atomic E-state index is -1.04. The molecule has 0 bridgehead atoms. The van der Waals surface area contributed by atoms with Crippen molar-refractivity contribution >= 4 is 17.7 Å². The molecule has 5 N–H and O–H groups in total. The normalized spacial score (nSPS) is 12.3. The van der Waals surface area contributed by atoms with Crippen LogP contribution in [0.15, 0.2) is 60.7 Å². The van der Waals surface area contributed by atoms with Crippen molar-refractivity contribution in [3.05, 3.63) is 99.9 Å². The third-order valence-corrected chi connectivity index (χ3v) is 7.28. The fourth-order valence-corrected chi connectivity index (χ4v) is 4.97. The summed E-state index contributed by atoms with van der Waals surface area (Å²) in [5.41, 5.74) is 7.95. The first-order valence-corrected chi connectivity index (χ1v) is 14.9. The second-order valence-electron chi connectivity index (χ2n) is 10.9. The van der Waals surface area contributed by atoms with Gasteiger partial charge in [-0.3, -0.25) is 14.4 Å². The molecule has 2 atom stereocenters. The maximum atomic E-state index is 14.0. The lowest BCUT2D eigenvalue weighted by Gasteiger charge is -2.26. The number of halogens is 1. The Kier molecular flexibility index (Phi) is 12.9. The molecule has 0 fully saturated rings. The van der Waals surface area contributed by atoms with Crippen LogP contribution in [0.2, 0.25) is 0 Å². The minimum Gasteiger partial charge on any atom is -0.497 e. The molecule has 0 saturated heterocycles. The zero-order valence-electron chi connectivity index (χ0n) is 25.9. The second-order valence-corrected chi connectivity index (χ2v) is 10.9. The number of aliphatic hydroxyl groups excluding tert-OH is 1. The number of nitrogens with zero attached hydrogens (tertiary/aromatic N) is 1. The summed E-state index contributed by atoms with van der Waals surface area (Å²) in [6.45, 7) is 7.22. The van der Waals surface area contributed by atoms with E-state index in [4.69, 9.17) is 10.5 Å². The van der Waals surface area contributed by atoms with E-state index in [0.29, 0.717) is 30.9 Å². The Morgan fingerprint density at radius 2 is 1.64 bits per heavy atom. The molecular weight excluding hydrogens is 563 g/mol. The van der Waals surface area contributed by atoms with Crippen molar-refractivity contribution in [2.24, 2.45) is 5.73 Å². The van der Waals surface area contributed by atoms with E-state index >= 15 is 0 Å². The van der Waals surface area contributed by atoms with Gasteiger partial charge in [0, 0.05) is 42.9 Å². The molecule has 3 aromatic rings. The van der Waals surface area contributed by atoms with Gasteiger partial charge in [0.2, 0.25) is 5.91 Å². The van der Waals surface area contributed by atoms with E-state index in [9.17, 15) is 23.9 Å². The molecule has 0 aliphatic heterocycles. The number of nitrogens with one attached hydrogen (secondary N) is 2. The summed E-state index contributed by atoms with van der Waals surface area (Å²) in [5.74, 6) is -1.30. The summed E-state index contributed by atoms with van der Waals surface area (Å²) < 4.78 is 19.2. The molecule has 3 rings (SSSR count). The van der Waals surface area contributed by atoms with Crippen LogP contribution < -0.4 is 21.1 Å². The first-order chi connectivity index (χ1) is 21.1. The topological polar surface area (TPSA) is 134 Å². The van der Waals surface area contributed by atoms with Crippen molar-refractivity contribution in [2.45, 2.75) is 58.7 Å². The van der Waals surface area contributed by atoms with Crippen LogP contribution in [0.5, 0.6) is 5.75 Å². The number of rotatable bonds is 16. The smallest absolute Gasteiger partial charge is 0.253 e. The number of hydrogen-bond donors (Lipinski definition) is 4. The third kappa shape index (κ3) is 9.62. The predicted molar refractivity (Wildman–Crippen MR) is 168 cm³/mol. The van der Waals surface area contributed by atoms with Gasteiger partial charge in [-0.15, -0.1) is 0 Å². The molecule has 236 valence electrons. The number of aliphatic hydroxyl groups is 1. The zero-order chi connectivity index (χ0) is 32.2. The highest BCUT2D eigenvalue weighted by Gasteiger charge is 2.25. The van der Waals surface area contributed by atoms with Crippen molar-refractivity contribution in [1.29, 1.82) is 0 Å². The van der Waals surface area contributed by atoms with Crippen molar-refractivity contribution in [3.8, 4) is 5.75 Å². The van der Waals surface area contributed by atoms with Gasteiger partial charge in [0.25, 0.3) is 11.8 Å².